The number of nitrogens with two attached hydrogens (primary N) is 1. The zero-order valence-electron chi connectivity index (χ0n) is 22.9. The van der Waals surface area contributed by atoms with Crippen LogP contribution in [0, 0.1) is 0 Å². The molecule has 2 aromatic carbocycles. The summed E-state index contributed by atoms with van der Waals surface area (Å²) in [5.74, 6) is -3.88. The third-order valence-electron chi connectivity index (χ3n) is 5.84. The Balaban J connectivity index is 0.00000882. The molecule has 0 radical (unpaired) electrons. The number of rotatable bonds is 16. The molecule has 0 aliphatic rings. The number of aliphatic carboxylic acids is 1. The van der Waals surface area contributed by atoms with Gasteiger partial charge in [0.15, 0.2) is 0 Å². The SMILES string of the molecule is CS(=O)CC[C@@H](NC(=O)[C@@H](Cc1ccccc1)NC(=O)CNC(=O)CNC(=O)[C@H](N)Cc1ccc(O)cc1)C(=O)O.Cl. The van der Waals surface area contributed by atoms with E-state index in [-0.39, 0.29) is 43.2 Å². The summed E-state index contributed by atoms with van der Waals surface area (Å²) in [6, 6.07) is 11.5. The smallest absolute Gasteiger partial charge is 0.326 e. The van der Waals surface area contributed by atoms with Crippen molar-refractivity contribution in [2.45, 2.75) is 37.4 Å². The van der Waals surface area contributed by atoms with Crippen LogP contribution in [-0.2, 0) is 47.6 Å². The maximum atomic E-state index is 12.9. The van der Waals surface area contributed by atoms with Crippen LogP contribution in [0.25, 0.3) is 0 Å². The Hall–Kier alpha value is -4.01. The molecule has 0 saturated heterocycles. The number of phenols is 1. The van der Waals surface area contributed by atoms with E-state index >= 15 is 0 Å². The van der Waals surface area contributed by atoms with E-state index in [2.05, 4.69) is 21.3 Å². The molecule has 13 nitrogen and oxygen atoms in total. The summed E-state index contributed by atoms with van der Waals surface area (Å²) in [6.07, 6.45) is 1.59. The number of halogens is 1. The number of carboxylic acid groups (broad SMARTS) is 1. The largest absolute Gasteiger partial charge is 0.508 e. The van der Waals surface area contributed by atoms with Gasteiger partial charge >= 0.3 is 5.97 Å². The number of aromatic hydroxyl groups is 1. The van der Waals surface area contributed by atoms with Gasteiger partial charge in [-0.15, -0.1) is 12.4 Å². The fraction of sp³-hybridized carbons (Fsp3) is 0.370. The van der Waals surface area contributed by atoms with Crippen molar-refractivity contribution >= 4 is 52.8 Å². The van der Waals surface area contributed by atoms with Crippen LogP contribution < -0.4 is 27.0 Å². The van der Waals surface area contributed by atoms with Gasteiger partial charge in [-0.05, 0) is 36.1 Å². The minimum Gasteiger partial charge on any atom is -0.508 e. The zero-order valence-corrected chi connectivity index (χ0v) is 24.5. The quantitative estimate of drug-likeness (QED) is 0.121. The Bertz CT molecular complexity index is 1230. The average molecular weight is 626 g/mol. The third kappa shape index (κ3) is 13.6. The molecular weight excluding hydrogens is 590 g/mol. The molecule has 0 bridgehead atoms. The van der Waals surface area contributed by atoms with Gasteiger partial charge in [0.05, 0.1) is 19.1 Å². The summed E-state index contributed by atoms with van der Waals surface area (Å²) in [5, 5.41) is 28.4. The Morgan fingerprint density at radius 1 is 0.810 bits per heavy atom. The van der Waals surface area contributed by atoms with Gasteiger partial charge in [-0.25, -0.2) is 4.79 Å². The number of hydrogen-bond donors (Lipinski definition) is 7. The Labute approximate surface area is 251 Å². The highest BCUT2D eigenvalue weighted by Crippen LogP contribution is 2.11. The first-order valence-corrected chi connectivity index (χ1v) is 14.4. The summed E-state index contributed by atoms with van der Waals surface area (Å²) in [7, 11) is -1.26. The maximum Gasteiger partial charge on any atom is 0.326 e. The van der Waals surface area contributed by atoms with E-state index in [4.69, 9.17) is 5.73 Å². The highest BCUT2D eigenvalue weighted by molar-refractivity contribution is 7.84. The van der Waals surface area contributed by atoms with Crippen LogP contribution in [0.3, 0.4) is 0 Å². The number of carbonyl (C=O) groups is 5. The summed E-state index contributed by atoms with van der Waals surface area (Å²) in [6.45, 7) is -0.952. The summed E-state index contributed by atoms with van der Waals surface area (Å²) in [4.78, 5) is 61.5. The van der Waals surface area contributed by atoms with Crippen LogP contribution in [0.4, 0.5) is 0 Å². The van der Waals surface area contributed by atoms with Crippen LogP contribution in [0.2, 0.25) is 0 Å². The highest BCUT2D eigenvalue weighted by atomic mass is 35.5. The van der Waals surface area contributed by atoms with E-state index in [9.17, 15) is 38.4 Å². The van der Waals surface area contributed by atoms with Gasteiger partial charge in [0, 0.05) is 29.2 Å². The lowest BCUT2D eigenvalue weighted by molar-refractivity contribution is -0.142. The zero-order chi connectivity index (χ0) is 30.4. The Kier molecular flexibility index (Phi) is 15.8. The number of carbonyl (C=O) groups excluding carboxylic acids is 4. The normalized spacial score (nSPS) is 13.3. The van der Waals surface area contributed by atoms with Gasteiger partial charge in [-0.3, -0.25) is 23.4 Å². The van der Waals surface area contributed by atoms with Crippen molar-refractivity contribution in [1.29, 1.82) is 0 Å². The molecule has 4 atom stereocenters. The maximum absolute atomic E-state index is 12.9. The molecule has 0 aliphatic carbocycles. The number of nitrogens with one attached hydrogen (secondary N) is 4. The van der Waals surface area contributed by atoms with Crippen molar-refractivity contribution in [3.8, 4) is 5.75 Å². The van der Waals surface area contributed by atoms with E-state index < -0.39 is 71.6 Å². The number of benzene rings is 2. The van der Waals surface area contributed by atoms with E-state index in [0.717, 1.165) is 5.56 Å². The second-order valence-electron chi connectivity index (χ2n) is 9.25. The van der Waals surface area contributed by atoms with Crippen LogP contribution in [-0.4, -0.2) is 87.2 Å². The van der Waals surface area contributed by atoms with Gasteiger partial charge in [0.1, 0.15) is 17.8 Å². The fourth-order valence-electron chi connectivity index (χ4n) is 3.64. The van der Waals surface area contributed by atoms with Crippen LogP contribution in [0.5, 0.6) is 5.75 Å². The van der Waals surface area contributed by atoms with Crippen LogP contribution in [0.1, 0.15) is 17.5 Å². The molecule has 8 N–H and O–H groups in total. The molecule has 0 saturated carbocycles. The minimum atomic E-state index is -1.30. The molecule has 0 fully saturated rings. The standard InChI is InChI=1S/C27H35N5O8S.ClH/c1-41(40)12-11-21(27(38)39)32-26(37)22(14-17-5-3-2-4-6-17)31-24(35)16-29-23(34)15-30-25(36)20(28)13-18-7-9-19(33)10-8-18;/h2-10,20-22,33H,11-16,28H2,1H3,(H,29,34)(H,30,36)(H,31,35)(H,32,37)(H,38,39);1H/t20-,21-,22-,41?;/m1./s1. The third-order valence-corrected chi connectivity index (χ3v) is 6.65. The lowest BCUT2D eigenvalue weighted by atomic mass is 10.0. The van der Waals surface area contributed by atoms with E-state index in [1.54, 1.807) is 42.5 Å². The monoisotopic (exact) mass is 625 g/mol. The molecule has 2 aromatic rings. The van der Waals surface area contributed by atoms with Crippen molar-refractivity contribution in [3.05, 3.63) is 65.7 Å². The Morgan fingerprint density at radius 2 is 1.40 bits per heavy atom. The fourth-order valence-corrected chi connectivity index (χ4v) is 4.20. The topological polar surface area (TPSA) is 217 Å². The van der Waals surface area contributed by atoms with Crippen LogP contribution >= 0.6 is 12.4 Å². The number of carboxylic acids is 1. The van der Waals surface area contributed by atoms with Gasteiger partial charge in [0.2, 0.25) is 23.6 Å². The predicted octanol–water partition coefficient (Wildman–Crippen LogP) is -1.02. The molecule has 0 spiro atoms. The Morgan fingerprint density at radius 3 is 2.00 bits per heavy atom. The molecule has 230 valence electrons. The summed E-state index contributed by atoms with van der Waals surface area (Å²) in [5.41, 5.74) is 7.29. The van der Waals surface area contributed by atoms with Crippen molar-refractivity contribution in [2.24, 2.45) is 5.73 Å². The molecule has 15 heteroatoms. The number of amides is 4. The van der Waals surface area contributed by atoms with Crippen molar-refractivity contribution < 1.29 is 38.4 Å². The first kappa shape index (κ1) is 36.0. The predicted molar refractivity (Wildman–Crippen MR) is 158 cm³/mol. The molecule has 0 aliphatic heterocycles. The van der Waals surface area contributed by atoms with Gasteiger partial charge in [0.25, 0.3) is 0 Å². The first-order chi connectivity index (χ1) is 19.4. The molecule has 4 amide bonds. The van der Waals surface area contributed by atoms with E-state index in [1.165, 1.54) is 18.4 Å². The molecule has 2 rings (SSSR count). The summed E-state index contributed by atoms with van der Waals surface area (Å²) >= 11 is 0. The second kappa shape index (κ2) is 18.4. The average Bonchev–Trinajstić information content (AvgIpc) is 2.93. The van der Waals surface area contributed by atoms with Crippen molar-refractivity contribution in [2.75, 3.05) is 25.1 Å². The van der Waals surface area contributed by atoms with E-state index in [1.807, 2.05) is 0 Å². The van der Waals surface area contributed by atoms with Gasteiger partial charge in [-0.2, -0.15) is 0 Å². The van der Waals surface area contributed by atoms with Gasteiger partial charge in [-0.1, -0.05) is 42.5 Å². The molecule has 42 heavy (non-hydrogen) atoms. The van der Waals surface area contributed by atoms with Crippen molar-refractivity contribution in [1.82, 2.24) is 21.3 Å². The van der Waals surface area contributed by atoms with E-state index in [0.29, 0.717) is 5.56 Å². The van der Waals surface area contributed by atoms with Gasteiger partial charge < -0.3 is 37.2 Å². The number of phenolic OH excluding ortho intramolecular Hbond substituents is 1. The lowest BCUT2D eigenvalue weighted by Gasteiger charge is -2.22. The molecule has 1 unspecified atom stereocenters. The second-order valence-corrected chi connectivity index (χ2v) is 10.8. The van der Waals surface area contributed by atoms with Crippen molar-refractivity contribution in [3.63, 3.8) is 0 Å². The minimum absolute atomic E-state index is 0. The first-order valence-electron chi connectivity index (χ1n) is 12.7. The molecule has 0 aromatic heterocycles. The lowest BCUT2D eigenvalue weighted by Crippen LogP contribution is -2.54. The number of hydrogen-bond acceptors (Lipinski definition) is 8. The summed E-state index contributed by atoms with van der Waals surface area (Å²) < 4.78 is 11.4. The molecular formula is C27H36ClN5O8S. The highest BCUT2D eigenvalue weighted by Gasteiger charge is 2.27. The van der Waals surface area contributed by atoms with Crippen LogP contribution in [0.15, 0.2) is 54.6 Å². The molecule has 0 heterocycles.